The molecule has 12 heteroatoms. The van der Waals surface area contributed by atoms with Crippen molar-refractivity contribution in [3.05, 3.63) is 47.2 Å². The summed E-state index contributed by atoms with van der Waals surface area (Å²) in [4.78, 5) is 14.6. The second kappa shape index (κ2) is 6.45. The highest BCUT2D eigenvalue weighted by Crippen LogP contribution is 2.30. The molecule has 0 bridgehead atoms. The van der Waals surface area contributed by atoms with Gasteiger partial charge in [0.1, 0.15) is 15.5 Å². The van der Waals surface area contributed by atoms with Crippen LogP contribution in [0.4, 0.5) is 5.69 Å². The van der Waals surface area contributed by atoms with Crippen LogP contribution in [0.3, 0.4) is 0 Å². The Balaban J connectivity index is 2.58. The monoisotopic (exact) mass is 390 g/mol. The van der Waals surface area contributed by atoms with Crippen molar-refractivity contribution in [1.29, 1.82) is 0 Å². The first kappa shape index (κ1) is 18.3. The molecule has 0 fully saturated rings. The quantitative estimate of drug-likeness (QED) is 0.678. The van der Waals surface area contributed by atoms with Gasteiger partial charge in [-0.2, -0.15) is 0 Å². The van der Waals surface area contributed by atoms with Crippen LogP contribution in [0.15, 0.2) is 46.3 Å². The van der Waals surface area contributed by atoms with E-state index in [1.54, 1.807) is 12.1 Å². The van der Waals surface area contributed by atoms with Crippen molar-refractivity contribution in [3.63, 3.8) is 0 Å². The van der Waals surface area contributed by atoms with Crippen molar-refractivity contribution in [2.75, 3.05) is 5.32 Å². The fourth-order valence-corrected chi connectivity index (χ4v) is 3.64. The van der Waals surface area contributed by atoms with Crippen molar-refractivity contribution in [2.45, 2.75) is 9.79 Å². The number of pyridine rings is 1. The molecular weight excluding hydrogens is 380 g/mol. The van der Waals surface area contributed by atoms with Crippen LogP contribution in [0.5, 0.6) is 0 Å². The molecule has 0 aliphatic heterocycles. The summed E-state index contributed by atoms with van der Waals surface area (Å²) in [6.45, 7) is 0. The zero-order valence-corrected chi connectivity index (χ0v) is 14.2. The molecule has 0 radical (unpaired) electrons. The van der Waals surface area contributed by atoms with Gasteiger partial charge in [-0.1, -0.05) is 17.7 Å². The average molecular weight is 391 g/mol. The van der Waals surface area contributed by atoms with E-state index in [1.807, 2.05) is 0 Å². The van der Waals surface area contributed by atoms with Gasteiger partial charge in [-0.05, 0) is 24.3 Å². The number of hydrogen-bond donors (Lipinski definition) is 3. The third-order valence-electron chi connectivity index (χ3n) is 2.79. The van der Waals surface area contributed by atoms with Crippen LogP contribution in [0.25, 0.3) is 0 Å². The van der Waals surface area contributed by atoms with E-state index >= 15 is 0 Å². The number of carbonyl (C=O) groups excluding carboxylic acids is 1. The third kappa shape index (κ3) is 4.07. The second-order valence-corrected chi connectivity index (χ2v) is 8.00. The lowest BCUT2D eigenvalue weighted by molar-refractivity contribution is 0.102. The van der Waals surface area contributed by atoms with Crippen molar-refractivity contribution >= 4 is 43.2 Å². The van der Waals surface area contributed by atoms with Crippen molar-refractivity contribution < 1.29 is 21.6 Å². The molecule has 2 rings (SSSR count). The molecule has 5 N–H and O–H groups in total. The van der Waals surface area contributed by atoms with Crippen LogP contribution in [-0.4, -0.2) is 27.7 Å². The van der Waals surface area contributed by atoms with E-state index in [9.17, 15) is 21.6 Å². The van der Waals surface area contributed by atoms with Gasteiger partial charge >= 0.3 is 0 Å². The minimum absolute atomic E-state index is 0.00418. The number of nitrogens with one attached hydrogen (secondary N) is 1. The second-order valence-electron chi connectivity index (χ2n) is 4.54. The lowest BCUT2D eigenvalue weighted by Gasteiger charge is -2.12. The Bertz CT molecular complexity index is 1010. The van der Waals surface area contributed by atoms with E-state index in [1.165, 1.54) is 12.3 Å². The van der Waals surface area contributed by atoms with Gasteiger partial charge < -0.3 is 5.32 Å². The molecule has 1 amide bonds. The normalized spacial score (nSPS) is 12.0. The lowest BCUT2D eigenvalue weighted by atomic mass is 10.3. The van der Waals surface area contributed by atoms with Crippen molar-refractivity contribution in [3.8, 4) is 0 Å². The molecule has 0 aliphatic rings. The molecule has 1 heterocycles. The summed E-state index contributed by atoms with van der Waals surface area (Å²) in [5.74, 6) is -0.736. The summed E-state index contributed by atoms with van der Waals surface area (Å²) in [7, 11) is -8.67. The molecule has 0 saturated carbocycles. The SMILES string of the molecule is NS(=O)(=O)c1cc(S(N)(=O)=O)c(NC(=O)c2ccccn2)cc1Cl. The van der Waals surface area contributed by atoms with E-state index in [0.29, 0.717) is 6.07 Å². The largest absolute Gasteiger partial charge is 0.319 e. The molecular formula is C12H11ClN4O5S2. The molecule has 1 aromatic carbocycles. The molecule has 0 spiro atoms. The van der Waals surface area contributed by atoms with Gasteiger partial charge in [0.25, 0.3) is 5.91 Å². The highest BCUT2D eigenvalue weighted by molar-refractivity contribution is 7.90. The summed E-state index contributed by atoms with van der Waals surface area (Å²) >= 11 is 5.80. The number of nitrogens with two attached hydrogens (primary N) is 2. The molecule has 0 unspecified atom stereocenters. The Morgan fingerprint density at radius 1 is 1.04 bits per heavy atom. The van der Waals surface area contributed by atoms with Gasteiger partial charge in [0.15, 0.2) is 0 Å². The van der Waals surface area contributed by atoms with Gasteiger partial charge in [-0.15, -0.1) is 0 Å². The number of benzene rings is 1. The summed E-state index contributed by atoms with van der Waals surface area (Å²) < 4.78 is 46.3. The topological polar surface area (TPSA) is 162 Å². The van der Waals surface area contributed by atoms with E-state index < -0.39 is 35.7 Å². The predicted octanol–water partition coefficient (Wildman–Crippen LogP) is 0.282. The number of primary sulfonamides is 2. The van der Waals surface area contributed by atoms with Gasteiger partial charge in [0.2, 0.25) is 20.0 Å². The van der Waals surface area contributed by atoms with Gasteiger partial charge in [0, 0.05) is 6.20 Å². The maximum absolute atomic E-state index is 12.1. The molecule has 9 nitrogen and oxygen atoms in total. The third-order valence-corrected chi connectivity index (χ3v) is 5.12. The van der Waals surface area contributed by atoms with Crippen LogP contribution in [0, 0.1) is 0 Å². The number of carbonyl (C=O) groups is 1. The van der Waals surface area contributed by atoms with E-state index in [-0.39, 0.29) is 16.4 Å². The van der Waals surface area contributed by atoms with Gasteiger partial charge in [-0.25, -0.2) is 27.1 Å². The number of rotatable bonds is 4. The Labute approximate surface area is 142 Å². The first-order chi connectivity index (χ1) is 11.0. The Morgan fingerprint density at radius 2 is 1.67 bits per heavy atom. The van der Waals surface area contributed by atoms with Gasteiger partial charge in [0.05, 0.1) is 10.7 Å². The number of aromatic nitrogens is 1. The summed E-state index contributed by atoms with van der Waals surface area (Å²) in [6, 6.07) is 6.15. The van der Waals surface area contributed by atoms with Crippen LogP contribution in [-0.2, 0) is 20.0 Å². The highest BCUT2D eigenvalue weighted by atomic mass is 35.5. The zero-order chi connectivity index (χ0) is 18.1. The van der Waals surface area contributed by atoms with Gasteiger partial charge in [-0.3, -0.25) is 9.78 Å². The Morgan fingerprint density at radius 3 is 2.17 bits per heavy atom. The van der Waals surface area contributed by atoms with E-state index in [0.717, 1.165) is 6.07 Å². The summed E-state index contributed by atoms with van der Waals surface area (Å²) in [5, 5.41) is 11.9. The van der Waals surface area contributed by atoms with Crippen LogP contribution in [0.1, 0.15) is 10.5 Å². The first-order valence-corrected chi connectivity index (χ1v) is 9.59. The molecule has 2 aromatic rings. The molecule has 0 aliphatic carbocycles. The number of amides is 1. The number of nitrogens with zero attached hydrogens (tertiary/aromatic N) is 1. The fourth-order valence-electron chi connectivity index (χ4n) is 1.77. The fraction of sp³-hybridized carbons (Fsp3) is 0. The van der Waals surface area contributed by atoms with Crippen LogP contribution in [0.2, 0.25) is 5.02 Å². The van der Waals surface area contributed by atoms with E-state index in [2.05, 4.69) is 10.3 Å². The average Bonchev–Trinajstić information content (AvgIpc) is 2.45. The Kier molecular flexibility index (Phi) is 4.92. The molecule has 1 aromatic heterocycles. The molecule has 0 atom stereocenters. The van der Waals surface area contributed by atoms with E-state index in [4.69, 9.17) is 21.9 Å². The highest BCUT2D eigenvalue weighted by Gasteiger charge is 2.23. The van der Waals surface area contributed by atoms with Crippen molar-refractivity contribution in [2.24, 2.45) is 10.3 Å². The maximum Gasteiger partial charge on any atom is 0.274 e. The maximum atomic E-state index is 12.1. The first-order valence-electron chi connectivity index (χ1n) is 6.11. The smallest absolute Gasteiger partial charge is 0.274 e. The predicted molar refractivity (Wildman–Crippen MR) is 86.4 cm³/mol. The zero-order valence-electron chi connectivity index (χ0n) is 11.8. The number of hydrogen-bond acceptors (Lipinski definition) is 6. The summed E-state index contributed by atoms with van der Waals surface area (Å²) in [6.07, 6.45) is 1.37. The Hall–Kier alpha value is -2.05. The number of halogens is 1. The summed E-state index contributed by atoms with van der Waals surface area (Å²) in [5.41, 5.74) is -0.296. The van der Waals surface area contributed by atoms with Crippen molar-refractivity contribution in [1.82, 2.24) is 4.98 Å². The lowest BCUT2D eigenvalue weighted by Crippen LogP contribution is -2.21. The molecule has 0 saturated heterocycles. The number of anilines is 1. The number of sulfonamides is 2. The molecule has 128 valence electrons. The standard InChI is InChI=1S/C12H11ClN4O5S2/c13-7-5-9(17-12(18)8-3-1-2-4-16-8)11(24(15,21)22)6-10(7)23(14,19)20/h1-6H,(H,17,18)(H2,14,19,20)(H2,15,21,22). The van der Waals surface area contributed by atoms with Crippen LogP contribution < -0.4 is 15.6 Å². The van der Waals surface area contributed by atoms with Crippen LogP contribution >= 0.6 is 11.6 Å². The minimum atomic E-state index is -4.37. The molecule has 24 heavy (non-hydrogen) atoms. The minimum Gasteiger partial charge on any atom is -0.319 e.